The Hall–Kier alpha value is -3.03. The Kier molecular flexibility index (Phi) is 6.34. The number of hydrogen-bond donors (Lipinski definition) is 1. The lowest BCUT2D eigenvalue weighted by molar-refractivity contribution is 0.102. The monoisotopic (exact) mass is 444 g/mol. The van der Waals surface area contributed by atoms with Gasteiger partial charge in [0, 0.05) is 12.7 Å². The fourth-order valence-corrected chi connectivity index (χ4v) is 4.19. The Bertz CT molecular complexity index is 1160. The molecule has 0 atom stereocenters. The van der Waals surface area contributed by atoms with Gasteiger partial charge >= 0.3 is 0 Å². The first kappa shape index (κ1) is 21.7. The number of carbonyl (C=O) groups is 1. The van der Waals surface area contributed by atoms with Gasteiger partial charge in [-0.05, 0) is 61.5 Å². The molecular formula is C22H21ClN2O4S. The summed E-state index contributed by atoms with van der Waals surface area (Å²) in [4.78, 5) is 12.6. The molecule has 0 saturated heterocycles. The molecule has 3 aromatic carbocycles. The molecule has 0 saturated carbocycles. The van der Waals surface area contributed by atoms with Crippen LogP contribution in [0.1, 0.15) is 15.9 Å². The van der Waals surface area contributed by atoms with Crippen molar-refractivity contribution in [2.75, 3.05) is 23.8 Å². The molecule has 0 aliphatic rings. The van der Waals surface area contributed by atoms with Crippen molar-refractivity contribution in [2.45, 2.75) is 11.8 Å². The van der Waals surface area contributed by atoms with Gasteiger partial charge in [0.1, 0.15) is 5.75 Å². The summed E-state index contributed by atoms with van der Waals surface area (Å²) >= 11 is 6.18. The highest BCUT2D eigenvalue weighted by Gasteiger charge is 2.24. The number of anilines is 2. The molecule has 6 nitrogen and oxygen atoms in total. The molecule has 1 N–H and O–H groups in total. The van der Waals surface area contributed by atoms with E-state index in [1.54, 1.807) is 36.4 Å². The molecule has 0 unspecified atom stereocenters. The number of rotatable bonds is 6. The normalized spacial score (nSPS) is 11.1. The number of nitrogens with zero attached hydrogens (tertiary/aromatic N) is 1. The number of sulfonamides is 1. The zero-order valence-electron chi connectivity index (χ0n) is 16.7. The van der Waals surface area contributed by atoms with Crippen molar-refractivity contribution in [1.82, 2.24) is 0 Å². The molecule has 0 aliphatic carbocycles. The van der Waals surface area contributed by atoms with E-state index in [-0.39, 0.29) is 15.5 Å². The van der Waals surface area contributed by atoms with E-state index in [0.717, 1.165) is 9.87 Å². The number of carbonyl (C=O) groups excluding carboxylic acids is 1. The van der Waals surface area contributed by atoms with Crippen LogP contribution < -0.4 is 14.4 Å². The molecule has 0 fully saturated rings. The largest absolute Gasteiger partial charge is 0.497 e. The smallest absolute Gasteiger partial charge is 0.264 e. The predicted molar refractivity (Wildman–Crippen MR) is 119 cm³/mol. The van der Waals surface area contributed by atoms with Crippen LogP contribution in [-0.4, -0.2) is 28.5 Å². The molecule has 3 rings (SSSR count). The zero-order chi connectivity index (χ0) is 21.9. The summed E-state index contributed by atoms with van der Waals surface area (Å²) in [5.74, 6) is 0.124. The molecule has 156 valence electrons. The number of halogens is 1. The van der Waals surface area contributed by atoms with E-state index in [2.05, 4.69) is 5.32 Å². The second-order valence-corrected chi connectivity index (χ2v) is 9.01. The van der Waals surface area contributed by atoms with Gasteiger partial charge < -0.3 is 10.1 Å². The van der Waals surface area contributed by atoms with Gasteiger partial charge in [-0.15, -0.1) is 0 Å². The van der Waals surface area contributed by atoms with Gasteiger partial charge in [0.25, 0.3) is 15.9 Å². The second-order valence-electron chi connectivity index (χ2n) is 6.63. The average molecular weight is 445 g/mol. The molecule has 0 radical (unpaired) electrons. The van der Waals surface area contributed by atoms with E-state index >= 15 is 0 Å². The van der Waals surface area contributed by atoms with Crippen LogP contribution in [0.5, 0.6) is 5.75 Å². The van der Waals surface area contributed by atoms with Crippen LogP contribution in [-0.2, 0) is 10.0 Å². The Morgan fingerprint density at radius 2 is 1.63 bits per heavy atom. The molecular weight excluding hydrogens is 424 g/mol. The topological polar surface area (TPSA) is 75.7 Å². The fourth-order valence-electron chi connectivity index (χ4n) is 2.76. The second kappa shape index (κ2) is 8.77. The maximum absolute atomic E-state index is 13.1. The van der Waals surface area contributed by atoms with Crippen molar-refractivity contribution in [3.63, 3.8) is 0 Å². The molecule has 0 aliphatic heterocycles. The molecule has 1 amide bonds. The highest BCUT2D eigenvalue weighted by molar-refractivity contribution is 7.92. The molecule has 0 aromatic heterocycles. The standard InChI is InChI=1S/C22H21ClN2O4S/c1-15-4-6-16(7-5-15)24-22(26)20-14-19(12-13-21(20)23)30(27,28)25(2)17-8-10-18(29-3)11-9-17/h4-14H,1-3H3,(H,24,26). The van der Waals surface area contributed by atoms with Crippen LogP contribution in [0.2, 0.25) is 5.02 Å². The lowest BCUT2D eigenvalue weighted by Crippen LogP contribution is -2.27. The predicted octanol–water partition coefficient (Wildman–Crippen LogP) is 4.73. The summed E-state index contributed by atoms with van der Waals surface area (Å²) in [7, 11) is -0.933. The summed E-state index contributed by atoms with van der Waals surface area (Å²) in [6.07, 6.45) is 0. The number of methoxy groups -OCH3 is 1. The number of amides is 1. The van der Waals surface area contributed by atoms with Gasteiger partial charge in [-0.25, -0.2) is 8.42 Å². The minimum Gasteiger partial charge on any atom is -0.497 e. The molecule has 3 aromatic rings. The third-order valence-electron chi connectivity index (χ3n) is 4.59. The Balaban J connectivity index is 1.90. The van der Waals surface area contributed by atoms with Crippen molar-refractivity contribution >= 4 is 38.9 Å². The average Bonchev–Trinajstić information content (AvgIpc) is 2.75. The highest BCUT2D eigenvalue weighted by Crippen LogP contribution is 2.27. The van der Waals surface area contributed by atoms with E-state index in [1.807, 2.05) is 19.1 Å². The van der Waals surface area contributed by atoms with E-state index < -0.39 is 15.9 Å². The quantitative estimate of drug-likeness (QED) is 0.596. The maximum Gasteiger partial charge on any atom is 0.264 e. The van der Waals surface area contributed by atoms with Gasteiger partial charge in [-0.3, -0.25) is 9.10 Å². The van der Waals surface area contributed by atoms with Crippen molar-refractivity contribution in [2.24, 2.45) is 0 Å². The molecule has 0 bridgehead atoms. The number of benzene rings is 3. The van der Waals surface area contributed by atoms with Gasteiger partial charge in [-0.1, -0.05) is 29.3 Å². The Morgan fingerprint density at radius 1 is 1.00 bits per heavy atom. The minimum atomic E-state index is -3.91. The Labute approximate surface area is 181 Å². The summed E-state index contributed by atoms with van der Waals surface area (Å²) < 4.78 is 32.4. The lowest BCUT2D eigenvalue weighted by atomic mass is 10.2. The first-order chi connectivity index (χ1) is 14.2. The SMILES string of the molecule is COc1ccc(N(C)S(=O)(=O)c2ccc(Cl)c(C(=O)Nc3ccc(C)cc3)c2)cc1. The van der Waals surface area contributed by atoms with Crippen LogP contribution in [0.4, 0.5) is 11.4 Å². The summed E-state index contributed by atoms with van der Waals surface area (Å²) in [6, 6.07) is 17.9. The molecule has 30 heavy (non-hydrogen) atoms. The zero-order valence-corrected chi connectivity index (χ0v) is 18.3. The first-order valence-corrected chi connectivity index (χ1v) is 10.8. The minimum absolute atomic E-state index is 0.0423. The number of nitrogens with one attached hydrogen (secondary N) is 1. The molecule has 0 spiro atoms. The Morgan fingerprint density at radius 3 is 2.23 bits per heavy atom. The molecule has 8 heteroatoms. The van der Waals surface area contributed by atoms with Crippen LogP contribution in [0.3, 0.4) is 0 Å². The van der Waals surface area contributed by atoms with Gasteiger partial charge in [0.15, 0.2) is 0 Å². The van der Waals surface area contributed by atoms with Crippen LogP contribution in [0.15, 0.2) is 71.6 Å². The first-order valence-electron chi connectivity index (χ1n) is 9.03. The number of ether oxygens (including phenoxy) is 1. The summed E-state index contributed by atoms with van der Waals surface area (Å²) in [6.45, 7) is 1.94. The van der Waals surface area contributed by atoms with E-state index in [1.165, 1.54) is 32.4 Å². The summed E-state index contributed by atoms with van der Waals surface area (Å²) in [5, 5.41) is 2.89. The lowest BCUT2D eigenvalue weighted by Gasteiger charge is -2.20. The highest BCUT2D eigenvalue weighted by atomic mass is 35.5. The van der Waals surface area contributed by atoms with Crippen LogP contribution in [0, 0.1) is 6.92 Å². The van der Waals surface area contributed by atoms with Crippen LogP contribution in [0.25, 0.3) is 0 Å². The van der Waals surface area contributed by atoms with E-state index in [4.69, 9.17) is 16.3 Å². The van der Waals surface area contributed by atoms with E-state index in [9.17, 15) is 13.2 Å². The van der Waals surface area contributed by atoms with Crippen molar-refractivity contribution < 1.29 is 17.9 Å². The third kappa shape index (κ3) is 4.58. The third-order valence-corrected chi connectivity index (χ3v) is 6.70. The molecule has 0 heterocycles. The van der Waals surface area contributed by atoms with Crippen molar-refractivity contribution in [1.29, 1.82) is 0 Å². The van der Waals surface area contributed by atoms with E-state index in [0.29, 0.717) is 17.1 Å². The maximum atomic E-state index is 13.1. The van der Waals surface area contributed by atoms with Crippen molar-refractivity contribution in [3.8, 4) is 5.75 Å². The number of hydrogen-bond acceptors (Lipinski definition) is 4. The van der Waals surface area contributed by atoms with Gasteiger partial charge in [0.05, 0.1) is 28.3 Å². The number of aryl methyl sites for hydroxylation is 1. The van der Waals surface area contributed by atoms with Crippen LogP contribution >= 0.6 is 11.6 Å². The fraction of sp³-hybridized carbons (Fsp3) is 0.136. The summed E-state index contributed by atoms with van der Waals surface area (Å²) in [5.41, 5.74) is 2.17. The van der Waals surface area contributed by atoms with Gasteiger partial charge in [0.2, 0.25) is 0 Å². The van der Waals surface area contributed by atoms with Crippen molar-refractivity contribution in [3.05, 3.63) is 82.9 Å². The van der Waals surface area contributed by atoms with Gasteiger partial charge in [-0.2, -0.15) is 0 Å².